The highest BCUT2D eigenvalue weighted by Gasteiger charge is 2.41. The molecule has 1 aliphatic rings. The monoisotopic (exact) mass is 358 g/mol. The van der Waals surface area contributed by atoms with Crippen LogP contribution < -0.4 is 4.74 Å². The lowest BCUT2D eigenvalue weighted by molar-refractivity contribution is 0.265. The van der Waals surface area contributed by atoms with Crippen LogP contribution in [0.2, 0.25) is 0 Å². The second kappa shape index (κ2) is 6.27. The van der Waals surface area contributed by atoms with Crippen LogP contribution in [0.5, 0.6) is 5.75 Å². The first kappa shape index (κ1) is 16.2. The Bertz CT molecular complexity index is 492. The Morgan fingerprint density at radius 3 is 2.45 bits per heavy atom. The molecule has 1 unspecified atom stereocenters. The Morgan fingerprint density at radius 1 is 1.35 bits per heavy atom. The van der Waals surface area contributed by atoms with Gasteiger partial charge in [0.2, 0.25) is 0 Å². The van der Waals surface area contributed by atoms with Crippen LogP contribution in [0, 0.1) is 19.3 Å². The minimum absolute atomic E-state index is 0.0288. The molecule has 0 amide bonds. The summed E-state index contributed by atoms with van der Waals surface area (Å²) >= 11 is 10.7. The smallest absolute Gasteiger partial charge is 0.126 e. The zero-order valence-corrected chi connectivity index (χ0v) is 15.2. The van der Waals surface area contributed by atoms with Gasteiger partial charge in [0.05, 0.1) is 12.5 Å². The van der Waals surface area contributed by atoms with Gasteiger partial charge in [-0.25, -0.2) is 0 Å². The van der Waals surface area contributed by atoms with E-state index in [2.05, 4.69) is 42.8 Å². The quantitative estimate of drug-likeness (QED) is 0.571. The third-order valence-electron chi connectivity index (χ3n) is 5.01. The van der Waals surface area contributed by atoms with Crippen LogP contribution >= 0.6 is 27.5 Å². The fraction of sp³-hybridized carbons (Fsp3) is 0.647. The lowest BCUT2D eigenvalue weighted by atomic mass is 9.76. The second-order valence-corrected chi connectivity index (χ2v) is 7.32. The molecular formula is C17H24BrClO. The van der Waals surface area contributed by atoms with Crippen molar-refractivity contribution in [3.05, 3.63) is 27.2 Å². The molecule has 0 aromatic heterocycles. The molecule has 3 heteroatoms. The van der Waals surface area contributed by atoms with Gasteiger partial charge >= 0.3 is 0 Å². The molecule has 0 bridgehead atoms. The van der Waals surface area contributed by atoms with Crippen LogP contribution in [0.1, 0.15) is 61.1 Å². The van der Waals surface area contributed by atoms with E-state index in [-0.39, 0.29) is 10.8 Å². The molecule has 1 nitrogen and oxygen atoms in total. The van der Waals surface area contributed by atoms with E-state index in [1.165, 1.54) is 36.8 Å². The maximum atomic E-state index is 7.00. The summed E-state index contributed by atoms with van der Waals surface area (Å²) < 4.78 is 6.80. The van der Waals surface area contributed by atoms with Crippen LogP contribution in [-0.4, -0.2) is 7.11 Å². The van der Waals surface area contributed by atoms with Crippen molar-refractivity contribution < 1.29 is 4.74 Å². The number of hydrogen-bond acceptors (Lipinski definition) is 1. The molecule has 0 spiro atoms. The fourth-order valence-electron chi connectivity index (χ4n) is 3.62. The van der Waals surface area contributed by atoms with Crippen molar-refractivity contribution >= 4 is 27.5 Å². The largest absolute Gasteiger partial charge is 0.496 e. The van der Waals surface area contributed by atoms with Crippen molar-refractivity contribution in [3.8, 4) is 5.75 Å². The van der Waals surface area contributed by atoms with Gasteiger partial charge in [0.25, 0.3) is 0 Å². The maximum absolute atomic E-state index is 7.00. The predicted octanol–water partition coefficient (Wildman–Crippen LogP) is 6.32. The highest BCUT2D eigenvalue weighted by atomic mass is 79.9. The van der Waals surface area contributed by atoms with Crippen LogP contribution in [0.25, 0.3) is 0 Å². The fourth-order valence-corrected chi connectivity index (χ4v) is 4.82. The molecule has 20 heavy (non-hydrogen) atoms. The number of ether oxygens (including phenoxy) is 1. The standard InChI is InChI=1S/C17H24BrClO/c1-5-17(8-6-7-9-17)16(19)14-12(3)13(18)10-11(2)15(14)20-4/h10,16H,5-9H2,1-4H3. The number of halogens is 2. The minimum atomic E-state index is 0.0288. The van der Waals surface area contributed by atoms with E-state index < -0.39 is 0 Å². The maximum Gasteiger partial charge on any atom is 0.126 e. The lowest BCUT2D eigenvalue weighted by Gasteiger charge is -2.35. The van der Waals surface area contributed by atoms with E-state index in [1.807, 2.05) is 0 Å². The molecule has 1 fully saturated rings. The Kier molecular flexibility index (Phi) is 5.07. The average Bonchev–Trinajstić information content (AvgIpc) is 2.91. The summed E-state index contributed by atoms with van der Waals surface area (Å²) in [6.07, 6.45) is 6.18. The molecule has 1 aliphatic carbocycles. The van der Waals surface area contributed by atoms with Crippen molar-refractivity contribution in [1.82, 2.24) is 0 Å². The summed E-state index contributed by atoms with van der Waals surface area (Å²) in [5.41, 5.74) is 3.78. The number of benzene rings is 1. The first-order chi connectivity index (χ1) is 9.46. The number of aryl methyl sites for hydroxylation is 1. The lowest BCUT2D eigenvalue weighted by Crippen LogP contribution is -2.23. The Morgan fingerprint density at radius 2 is 1.95 bits per heavy atom. The van der Waals surface area contributed by atoms with Gasteiger partial charge in [0.15, 0.2) is 0 Å². The highest BCUT2D eigenvalue weighted by molar-refractivity contribution is 9.10. The van der Waals surface area contributed by atoms with Gasteiger partial charge in [0, 0.05) is 10.0 Å². The van der Waals surface area contributed by atoms with E-state index >= 15 is 0 Å². The molecule has 112 valence electrons. The van der Waals surface area contributed by atoms with Gasteiger partial charge in [-0.1, -0.05) is 35.7 Å². The van der Waals surface area contributed by atoms with E-state index in [0.29, 0.717) is 0 Å². The van der Waals surface area contributed by atoms with Gasteiger partial charge in [-0.15, -0.1) is 11.6 Å². The van der Waals surface area contributed by atoms with Crippen molar-refractivity contribution in [3.63, 3.8) is 0 Å². The molecule has 0 aliphatic heterocycles. The molecule has 1 aromatic carbocycles. The van der Waals surface area contributed by atoms with Crippen LogP contribution in [0.15, 0.2) is 10.5 Å². The molecule has 1 aromatic rings. The summed E-state index contributed by atoms with van der Waals surface area (Å²) in [7, 11) is 1.75. The zero-order valence-electron chi connectivity index (χ0n) is 12.9. The molecule has 0 heterocycles. The van der Waals surface area contributed by atoms with E-state index in [4.69, 9.17) is 16.3 Å². The summed E-state index contributed by atoms with van der Waals surface area (Å²) in [5.74, 6) is 0.963. The molecule has 1 atom stereocenters. The first-order valence-corrected chi connectivity index (χ1v) is 8.67. The van der Waals surface area contributed by atoms with E-state index in [0.717, 1.165) is 22.2 Å². The molecule has 0 saturated heterocycles. The molecule has 0 radical (unpaired) electrons. The Balaban J connectivity index is 2.56. The van der Waals surface area contributed by atoms with Crippen LogP contribution in [-0.2, 0) is 0 Å². The van der Waals surface area contributed by atoms with Gasteiger partial charge in [-0.3, -0.25) is 0 Å². The number of hydrogen-bond donors (Lipinski definition) is 0. The molecular weight excluding hydrogens is 336 g/mol. The average molecular weight is 360 g/mol. The van der Waals surface area contributed by atoms with Crippen molar-refractivity contribution in [2.45, 2.75) is 58.3 Å². The first-order valence-electron chi connectivity index (χ1n) is 7.44. The molecule has 1 saturated carbocycles. The van der Waals surface area contributed by atoms with Crippen LogP contribution in [0.3, 0.4) is 0 Å². The zero-order chi connectivity index (χ0) is 14.9. The van der Waals surface area contributed by atoms with Gasteiger partial charge in [-0.05, 0) is 55.7 Å². The predicted molar refractivity (Wildman–Crippen MR) is 90.0 cm³/mol. The van der Waals surface area contributed by atoms with Crippen molar-refractivity contribution in [1.29, 1.82) is 0 Å². The Labute approximate surface area is 136 Å². The minimum Gasteiger partial charge on any atom is -0.496 e. The topological polar surface area (TPSA) is 9.23 Å². The van der Waals surface area contributed by atoms with Gasteiger partial charge in [-0.2, -0.15) is 0 Å². The Hall–Kier alpha value is -0.210. The van der Waals surface area contributed by atoms with Crippen molar-refractivity contribution in [2.75, 3.05) is 7.11 Å². The second-order valence-electron chi connectivity index (χ2n) is 6.03. The third-order valence-corrected chi connectivity index (χ3v) is 6.51. The highest BCUT2D eigenvalue weighted by Crippen LogP contribution is 2.56. The molecule has 0 N–H and O–H groups in total. The van der Waals surface area contributed by atoms with Gasteiger partial charge < -0.3 is 4.74 Å². The SMILES string of the molecule is CCC1(C(Cl)c2c(C)c(Br)cc(C)c2OC)CCCC1. The summed E-state index contributed by atoms with van der Waals surface area (Å²) in [6, 6.07) is 2.12. The van der Waals surface area contributed by atoms with Gasteiger partial charge in [0.1, 0.15) is 5.75 Å². The summed E-state index contributed by atoms with van der Waals surface area (Å²) in [4.78, 5) is 0. The summed E-state index contributed by atoms with van der Waals surface area (Å²) in [5, 5.41) is 0.0288. The third kappa shape index (κ3) is 2.62. The van der Waals surface area contributed by atoms with E-state index in [1.54, 1.807) is 7.11 Å². The van der Waals surface area contributed by atoms with Crippen LogP contribution in [0.4, 0.5) is 0 Å². The molecule has 2 rings (SSSR count). The van der Waals surface area contributed by atoms with Crippen molar-refractivity contribution in [2.24, 2.45) is 5.41 Å². The normalized spacial score (nSPS) is 19.1. The summed E-state index contributed by atoms with van der Waals surface area (Å²) in [6.45, 7) is 6.49. The number of methoxy groups -OCH3 is 1. The van der Waals surface area contributed by atoms with E-state index in [9.17, 15) is 0 Å². The number of rotatable bonds is 4. The number of alkyl halides is 1.